The fraction of sp³-hybridized carbons (Fsp3) is 0.350. The topological polar surface area (TPSA) is 56.8 Å². The second-order valence-electron chi connectivity index (χ2n) is 5.81. The molecule has 2 rings (SSSR count). The lowest BCUT2D eigenvalue weighted by Crippen LogP contribution is -2.39. The molecule has 0 fully saturated rings. The highest BCUT2D eigenvalue weighted by Crippen LogP contribution is 2.29. The summed E-state index contributed by atoms with van der Waals surface area (Å²) < 4.78 is 16.4. The zero-order valence-corrected chi connectivity index (χ0v) is 16.2. The van der Waals surface area contributed by atoms with Crippen LogP contribution >= 0.6 is 11.6 Å². The second kappa shape index (κ2) is 9.34. The molecule has 2 atom stereocenters. The van der Waals surface area contributed by atoms with Crippen LogP contribution in [0.15, 0.2) is 42.5 Å². The Labute approximate surface area is 159 Å². The normalized spacial score (nSPS) is 12.8. The molecule has 0 radical (unpaired) electrons. The molecular formula is C20H24ClNO4. The number of amides is 1. The smallest absolute Gasteiger partial charge is 0.261 e. The Balaban J connectivity index is 2.10. The van der Waals surface area contributed by atoms with E-state index in [4.69, 9.17) is 25.8 Å². The summed E-state index contributed by atoms with van der Waals surface area (Å²) in [6.45, 7) is 3.79. The lowest BCUT2D eigenvalue weighted by Gasteiger charge is -2.22. The van der Waals surface area contributed by atoms with Gasteiger partial charge in [-0.1, -0.05) is 18.5 Å². The van der Waals surface area contributed by atoms with Crippen molar-refractivity contribution in [3.05, 3.63) is 53.1 Å². The number of halogens is 1. The molecule has 26 heavy (non-hydrogen) atoms. The van der Waals surface area contributed by atoms with Gasteiger partial charge < -0.3 is 19.5 Å². The highest BCUT2D eigenvalue weighted by molar-refractivity contribution is 6.30. The standard InChI is InChI=1S/C20H24ClNO4/c1-5-18(26-15-8-6-14(21)7-9-15)20(23)22-13(2)17-12-16(24-3)10-11-19(17)25-4/h6-13,18H,5H2,1-4H3,(H,22,23)/t13-,18-/m0/s1. The molecule has 5 nitrogen and oxygen atoms in total. The summed E-state index contributed by atoms with van der Waals surface area (Å²) in [5, 5.41) is 3.60. The highest BCUT2D eigenvalue weighted by Gasteiger charge is 2.22. The van der Waals surface area contributed by atoms with E-state index in [-0.39, 0.29) is 11.9 Å². The molecule has 2 aromatic rings. The molecule has 0 saturated heterocycles. The van der Waals surface area contributed by atoms with E-state index < -0.39 is 6.10 Å². The summed E-state index contributed by atoms with van der Waals surface area (Å²) in [5.74, 6) is 1.79. The van der Waals surface area contributed by atoms with E-state index in [1.165, 1.54) is 0 Å². The number of hydrogen-bond donors (Lipinski definition) is 1. The number of benzene rings is 2. The van der Waals surface area contributed by atoms with Gasteiger partial charge >= 0.3 is 0 Å². The van der Waals surface area contributed by atoms with Crippen LogP contribution in [0.1, 0.15) is 31.9 Å². The maximum Gasteiger partial charge on any atom is 0.261 e. The average Bonchev–Trinajstić information content (AvgIpc) is 2.66. The maximum absolute atomic E-state index is 12.6. The second-order valence-corrected chi connectivity index (χ2v) is 6.24. The van der Waals surface area contributed by atoms with Crippen molar-refractivity contribution < 1.29 is 19.0 Å². The van der Waals surface area contributed by atoms with E-state index in [9.17, 15) is 4.79 Å². The van der Waals surface area contributed by atoms with Crippen molar-refractivity contribution in [1.82, 2.24) is 5.32 Å². The third-order valence-corrected chi connectivity index (χ3v) is 4.27. The molecule has 1 N–H and O–H groups in total. The zero-order chi connectivity index (χ0) is 19.1. The van der Waals surface area contributed by atoms with E-state index >= 15 is 0 Å². The molecule has 0 unspecified atom stereocenters. The predicted octanol–water partition coefficient (Wildman–Crippen LogP) is 4.39. The molecule has 0 bridgehead atoms. The third kappa shape index (κ3) is 5.05. The van der Waals surface area contributed by atoms with Gasteiger partial charge in [-0.25, -0.2) is 0 Å². The number of nitrogens with one attached hydrogen (secondary N) is 1. The van der Waals surface area contributed by atoms with Gasteiger partial charge in [0.15, 0.2) is 6.10 Å². The SMILES string of the molecule is CC[C@H](Oc1ccc(Cl)cc1)C(=O)N[C@@H](C)c1cc(OC)ccc1OC. The number of ether oxygens (including phenoxy) is 3. The molecule has 140 valence electrons. The monoisotopic (exact) mass is 377 g/mol. The van der Waals surface area contributed by atoms with Gasteiger partial charge in [0.1, 0.15) is 17.2 Å². The molecule has 6 heteroatoms. The fourth-order valence-corrected chi connectivity index (χ4v) is 2.69. The molecule has 0 aliphatic heterocycles. The van der Waals surface area contributed by atoms with Gasteiger partial charge in [-0.3, -0.25) is 4.79 Å². The van der Waals surface area contributed by atoms with Gasteiger partial charge in [0.25, 0.3) is 5.91 Å². The van der Waals surface area contributed by atoms with Crippen molar-refractivity contribution in [3.8, 4) is 17.2 Å². The van der Waals surface area contributed by atoms with Crippen molar-refractivity contribution in [1.29, 1.82) is 0 Å². The Morgan fingerprint density at radius 2 is 1.73 bits per heavy atom. The molecule has 0 saturated carbocycles. The van der Waals surface area contributed by atoms with Crippen LogP contribution in [0.5, 0.6) is 17.2 Å². The average molecular weight is 378 g/mol. The van der Waals surface area contributed by atoms with Gasteiger partial charge in [-0.05, 0) is 55.8 Å². The summed E-state index contributed by atoms with van der Waals surface area (Å²) in [6.07, 6.45) is -0.0635. The van der Waals surface area contributed by atoms with Crippen LogP contribution in [0.2, 0.25) is 5.02 Å². The minimum atomic E-state index is -0.602. The van der Waals surface area contributed by atoms with Crippen LogP contribution in [0, 0.1) is 0 Å². The van der Waals surface area contributed by atoms with E-state index in [0.29, 0.717) is 28.7 Å². The third-order valence-electron chi connectivity index (χ3n) is 4.02. The largest absolute Gasteiger partial charge is 0.497 e. The first-order chi connectivity index (χ1) is 12.5. The highest BCUT2D eigenvalue weighted by atomic mass is 35.5. The zero-order valence-electron chi connectivity index (χ0n) is 15.4. The van der Waals surface area contributed by atoms with Gasteiger partial charge in [0.05, 0.1) is 20.3 Å². The quantitative estimate of drug-likeness (QED) is 0.741. The fourth-order valence-electron chi connectivity index (χ4n) is 2.56. The first-order valence-electron chi connectivity index (χ1n) is 8.43. The van der Waals surface area contributed by atoms with E-state index in [1.807, 2.05) is 32.0 Å². The summed E-state index contributed by atoms with van der Waals surface area (Å²) in [7, 11) is 3.19. The van der Waals surface area contributed by atoms with Gasteiger partial charge in [-0.15, -0.1) is 0 Å². The Hall–Kier alpha value is -2.40. The van der Waals surface area contributed by atoms with Crippen molar-refractivity contribution in [2.24, 2.45) is 0 Å². The number of hydrogen-bond acceptors (Lipinski definition) is 4. The lowest BCUT2D eigenvalue weighted by molar-refractivity contribution is -0.128. The van der Waals surface area contributed by atoms with Crippen LogP contribution in [0.4, 0.5) is 0 Å². The molecular weight excluding hydrogens is 354 g/mol. The minimum Gasteiger partial charge on any atom is -0.497 e. The molecule has 2 aromatic carbocycles. The number of rotatable bonds is 8. The van der Waals surface area contributed by atoms with Crippen molar-refractivity contribution >= 4 is 17.5 Å². The van der Waals surface area contributed by atoms with E-state index in [1.54, 1.807) is 38.5 Å². The first kappa shape index (κ1) is 19.9. The van der Waals surface area contributed by atoms with Crippen molar-refractivity contribution in [2.75, 3.05) is 14.2 Å². The summed E-state index contributed by atoms with van der Waals surface area (Å²) in [5.41, 5.74) is 0.835. The van der Waals surface area contributed by atoms with Gasteiger partial charge in [-0.2, -0.15) is 0 Å². The summed E-state index contributed by atoms with van der Waals surface area (Å²) >= 11 is 5.88. The number of carbonyl (C=O) groups is 1. The first-order valence-corrected chi connectivity index (χ1v) is 8.80. The number of methoxy groups -OCH3 is 2. The van der Waals surface area contributed by atoms with Crippen LogP contribution in [0.3, 0.4) is 0 Å². The van der Waals surface area contributed by atoms with Gasteiger partial charge in [0, 0.05) is 10.6 Å². The van der Waals surface area contributed by atoms with Crippen LogP contribution in [-0.4, -0.2) is 26.2 Å². The Morgan fingerprint density at radius 1 is 1.08 bits per heavy atom. The van der Waals surface area contributed by atoms with Crippen molar-refractivity contribution in [2.45, 2.75) is 32.4 Å². The molecule has 0 heterocycles. The van der Waals surface area contributed by atoms with E-state index in [0.717, 1.165) is 5.56 Å². The Kier molecular flexibility index (Phi) is 7.16. The van der Waals surface area contributed by atoms with Crippen LogP contribution in [0.25, 0.3) is 0 Å². The molecule has 0 aromatic heterocycles. The van der Waals surface area contributed by atoms with Crippen LogP contribution < -0.4 is 19.5 Å². The van der Waals surface area contributed by atoms with Crippen molar-refractivity contribution in [3.63, 3.8) is 0 Å². The molecule has 0 aliphatic rings. The summed E-state index contributed by atoms with van der Waals surface area (Å²) in [6, 6.07) is 12.2. The Bertz CT molecular complexity index is 733. The molecule has 0 spiro atoms. The summed E-state index contributed by atoms with van der Waals surface area (Å²) in [4.78, 5) is 12.6. The maximum atomic E-state index is 12.6. The molecule has 1 amide bonds. The molecule has 0 aliphatic carbocycles. The van der Waals surface area contributed by atoms with E-state index in [2.05, 4.69) is 5.32 Å². The predicted molar refractivity (Wildman–Crippen MR) is 102 cm³/mol. The van der Waals surface area contributed by atoms with Crippen LogP contribution in [-0.2, 0) is 4.79 Å². The van der Waals surface area contributed by atoms with Gasteiger partial charge in [0.2, 0.25) is 0 Å². The lowest BCUT2D eigenvalue weighted by atomic mass is 10.1. The minimum absolute atomic E-state index is 0.195. The number of carbonyl (C=O) groups excluding carboxylic acids is 1. The Morgan fingerprint density at radius 3 is 2.31 bits per heavy atom.